The number of aromatic nitrogens is 2. The number of benzene rings is 1. The lowest BCUT2D eigenvalue weighted by atomic mass is 10.3. The molecule has 1 aromatic heterocycles. The second kappa shape index (κ2) is 8.68. The molecule has 1 amide bonds. The van der Waals surface area contributed by atoms with E-state index in [1.807, 2.05) is 6.07 Å². The van der Waals surface area contributed by atoms with Crippen molar-refractivity contribution in [3.63, 3.8) is 0 Å². The van der Waals surface area contributed by atoms with Crippen LogP contribution in [0.2, 0.25) is 5.02 Å². The zero-order chi connectivity index (χ0) is 17.4. The Bertz CT molecular complexity index is 717. The maximum atomic E-state index is 11.7. The summed E-state index contributed by atoms with van der Waals surface area (Å²) in [6.07, 6.45) is 1.37. The summed E-state index contributed by atoms with van der Waals surface area (Å²) in [7, 11) is 2.92. The zero-order valence-electron chi connectivity index (χ0n) is 13.1. The van der Waals surface area contributed by atoms with Crippen molar-refractivity contribution in [1.29, 1.82) is 0 Å². The van der Waals surface area contributed by atoms with Gasteiger partial charge in [0.05, 0.1) is 32.7 Å². The number of methoxy groups -OCH3 is 2. The van der Waals surface area contributed by atoms with Gasteiger partial charge >= 0.3 is 6.01 Å². The van der Waals surface area contributed by atoms with Crippen LogP contribution in [0.15, 0.2) is 35.4 Å². The van der Waals surface area contributed by atoms with E-state index in [9.17, 15) is 4.79 Å². The summed E-state index contributed by atoms with van der Waals surface area (Å²) in [5, 5.41) is 7.35. The molecule has 24 heavy (non-hydrogen) atoms. The van der Waals surface area contributed by atoms with Crippen molar-refractivity contribution in [2.75, 3.05) is 26.1 Å². The predicted molar refractivity (Wildman–Crippen MR) is 90.8 cm³/mol. The van der Waals surface area contributed by atoms with E-state index in [1.54, 1.807) is 24.3 Å². The lowest BCUT2D eigenvalue weighted by Crippen LogP contribution is -2.25. The molecule has 0 aliphatic heterocycles. The Morgan fingerprint density at radius 2 is 2.12 bits per heavy atom. The van der Waals surface area contributed by atoms with E-state index in [2.05, 4.69) is 25.8 Å². The number of nitrogens with one attached hydrogen (secondary N) is 2. The third-order valence-corrected chi connectivity index (χ3v) is 2.99. The monoisotopic (exact) mass is 349 g/mol. The van der Waals surface area contributed by atoms with E-state index in [4.69, 9.17) is 21.1 Å². The van der Waals surface area contributed by atoms with Crippen LogP contribution >= 0.6 is 11.6 Å². The van der Waals surface area contributed by atoms with Gasteiger partial charge in [0.25, 0.3) is 5.91 Å². The molecule has 0 saturated carbocycles. The molecule has 1 aromatic carbocycles. The van der Waals surface area contributed by atoms with Gasteiger partial charge in [0, 0.05) is 16.8 Å². The van der Waals surface area contributed by atoms with Crippen molar-refractivity contribution in [3.8, 4) is 11.9 Å². The highest BCUT2D eigenvalue weighted by Gasteiger charge is 2.04. The third-order valence-electron chi connectivity index (χ3n) is 2.76. The van der Waals surface area contributed by atoms with Crippen molar-refractivity contribution in [1.82, 2.24) is 15.4 Å². The fourth-order valence-electron chi connectivity index (χ4n) is 1.67. The minimum atomic E-state index is -0.320. The highest BCUT2D eigenvalue weighted by Crippen LogP contribution is 2.14. The van der Waals surface area contributed by atoms with Gasteiger partial charge in [-0.1, -0.05) is 17.7 Å². The molecule has 0 fully saturated rings. The van der Waals surface area contributed by atoms with Crippen LogP contribution in [0.5, 0.6) is 11.9 Å². The summed E-state index contributed by atoms with van der Waals surface area (Å²) in [4.78, 5) is 19.7. The van der Waals surface area contributed by atoms with Gasteiger partial charge in [-0.25, -0.2) is 5.43 Å². The van der Waals surface area contributed by atoms with Gasteiger partial charge in [0.15, 0.2) is 0 Å². The van der Waals surface area contributed by atoms with Crippen molar-refractivity contribution in [3.05, 3.63) is 41.0 Å². The highest BCUT2D eigenvalue weighted by molar-refractivity contribution is 6.30. The summed E-state index contributed by atoms with van der Waals surface area (Å²) >= 11 is 5.86. The summed E-state index contributed by atoms with van der Waals surface area (Å²) in [5.74, 6) is 0.0106. The molecule has 2 rings (SSSR count). The first-order valence-electron chi connectivity index (χ1n) is 6.89. The molecule has 0 spiro atoms. The van der Waals surface area contributed by atoms with Crippen LogP contribution < -0.4 is 20.2 Å². The van der Waals surface area contributed by atoms with Crippen molar-refractivity contribution < 1.29 is 14.3 Å². The highest BCUT2D eigenvalue weighted by atomic mass is 35.5. The molecule has 2 aromatic rings. The van der Waals surface area contributed by atoms with E-state index in [0.29, 0.717) is 16.6 Å². The first kappa shape index (κ1) is 17.5. The van der Waals surface area contributed by atoms with Gasteiger partial charge in [-0.15, -0.1) is 0 Å². The maximum Gasteiger partial charge on any atom is 0.320 e. The Hall–Kier alpha value is -2.87. The molecule has 8 nitrogen and oxygen atoms in total. The van der Waals surface area contributed by atoms with Gasteiger partial charge in [0.2, 0.25) is 5.88 Å². The molecule has 2 N–H and O–H groups in total. The van der Waals surface area contributed by atoms with E-state index >= 15 is 0 Å². The van der Waals surface area contributed by atoms with Crippen LogP contribution in [0.25, 0.3) is 0 Å². The van der Waals surface area contributed by atoms with Gasteiger partial charge < -0.3 is 14.8 Å². The first-order valence-corrected chi connectivity index (χ1v) is 7.27. The number of halogens is 1. The third kappa shape index (κ3) is 5.40. The van der Waals surface area contributed by atoms with Crippen molar-refractivity contribution >= 4 is 29.4 Å². The molecule has 0 unspecified atom stereocenters. The van der Waals surface area contributed by atoms with Gasteiger partial charge in [-0.2, -0.15) is 15.1 Å². The Morgan fingerprint density at radius 3 is 2.83 bits per heavy atom. The van der Waals surface area contributed by atoms with Crippen molar-refractivity contribution in [2.45, 2.75) is 0 Å². The number of hydrazone groups is 1. The number of carbonyl (C=O) groups excluding carboxylic acids is 1. The smallest absolute Gasteiger partial charge is 0.320 e. The molecule has 0 saturated heterocycles. The van der Waals surface area contributed by atoms with E-state index < -0.39 is 0 Å². The number of nitrogens with zero attached hydrogens (tertiary/aromatic N) is 3. The number of carbonyl (C=O) groups is 1. The van der Waals surface area contributed by atoms with E-state index in [0.717, 1.165) is 5.69 Å². The molecule has 1 heterocycles. The number of rotatable bonds is 7. The van der Waals surface area contributed by atoms with Crippen LogP contribution in [-0.2, 0) is 4.79 Å². The van der Waals surface area contributed by atoms with Crippen LogP contribution in [0.4, 0.5) is 5.69 Å². The molecule has 0 bridgehead atoms. The molecule has 126 valence electrons. The minimum absolute atomic E-state index is 0.0497. The Balaban J connectivity index is 1.88. The average molecular weight is 350 g/mol. The molecule has 0 aliphatic rings. The molecular formula is C15H16ClN5O3. The average Bonchev–Trinajstić information content (AvgIpc) is 2.59. The fraction of sp³-hybridized carbons (Fsp3) is 0.200. The number of hydrogen-bond donors (Lipinski definition) is 2. The maximum absolute atomic E-state index is 11.7. The van der Waals surface area contributed by atoms with Crippen LogP contribution in [0, 0.1) is 0 Å². The van der Waals surface area contributed by atoms with Gasteiger partial charge in [0.1, 0.15) is 0 Å². The van der Waals surface area contributed by atoms with Crippen molar-refractivity contribution in [2.24, 2.45) is 5.10 Å². The number of ether oxygens (including phenoxy) is 2. The first-order chi connectivity index (χ1) is 11.6. The quantitative estimate of drug-likeness (QED) is 0.583. The number of anilines is 1. The van der Waals surface area contributed by atoms with Gasteiger partial charge in [-0.3, -0.25) is 4.79 Å². The summed E-state index contributed by atoms with van der Waals surface area (Å²) in [6.45, 7) is 0.0497. The van der Waals surface area contributed by atoms with Gasteiger partial charge in [-0.05, 0) is 18.2 Å². The molecule has 0 radical (unpaired) electrons. The normalized spacial score (nSPS) is 10.5. The standard InChI is InChI=1S/C15H16ClN5O3/c1-23-14-7-12(19-15(20-14)24-2)8-18-21-13(22)9-17-11-5-3-4-10(16)6-11/h3-8,17H,9H2,1-2H3,(H,21,22)/b18-8+. The topological polar surface area (TPSA) is 97.7 Å². The predicted octanol–water partition coefficient (Wildman–Crippen LogP) is 1.71. The largest absolute Gasteiger partial charge is 0.481 e. The van der Waals surface area contributed by atoms with E-state index in [-0.39, 0.29) is 18.5 Å². The summed E-state index contributed by atoms with van der Waals surface area (Å²) in [5.41, 5.74) is 3.56. The van der Waals surface area contributed by atoms with E-state index in [1.165, 1.54) is 20.4 Å². The lowest BCUT2D eigenvalue weighted by Gasteiger charge is -2.05. The Kier molecular flexibility index (Phi) is 6.32. The van der Waals surface area contributed by atoms with Crippen LogP contribution in [0.1, 0.15) is 5.69 Å². The number of hydrogen-bond acceptors (Lipinski definition) is 7. The number of amides is 1. The summed E-state index contributed by atoms with van der Waals surface area (Å²) in [6, 6.07) is 8.77. The molecular weight excluding hydrogens is 334 g/mol. The Labute approximate surface area is 143 Å². The molecule has 0 atom stereocenters. The lowest BCUT2D eigenvalue weighted by molar-refractivity contribution is -0.119. The second-order valence-electron chi connectivity index (χ2n) is 4.48. The second-order valence-corrected chi connectivity index (χ2v) is 4.92. The molecule has 0 aliphatic carbocycles. The minimum Gasteiger partial charge on any atom is -0.481 e. The SMILES string of the molecule is COc1cc(/C=N/NC(=O)CNc2cccc(Cl)c2)nc(OC)n1. The summed E-state index contributed by atoms with van der Waals surface area (Å²) < 4.78 is 9.97. The van der Waals surface area contributed by atoms with Crippen LogP contribution in [-0.4, -0.2) is 42.9 Å². The Morgan fingerprint density at radius 1 is 1.29 bits per heavy atom. The fourth-order valence-corrected chi connectivity index (χ4v) is 1.86. The zero-order valence-corrected chi connectivity index (χ0v) is 13.9. The molecule has 9 heteroatoms. The van der Waals surface area contributed by atoms with Crippen LogP contribution in [0.3, 0.4) is 0 Å².